The monoisotopic (exact) mass is 293 g/mol. The Morgan fingerprint density at radius 1 is 1.48 bits per heavy atom. The number of amides is 1. The van der Waals surface area contributed by atoms with Crippen LogP contribution in [-0.4, -0.2) is 30.7 Å². The highest BCUT2D eigenvalue weighted by molar-refractivity contribution is 5.92. The maximum atomic E-state index is 12.3. The molecule has 0 aliphatic heterocycles. The van der Waals surface area contributed by atoms with Crippen LogP contribution in [0.5, 0.6) is 0 Å². The lowest BCUT2D eigenvalue weighted by Crippen LogP contribution is -2.30. The Morgan fingerprint density at radius 3 is 3.00 bits per heavy atom. The lowest BCUT2D eigenvalue weighted by molar-refractivity contribution is -0.120. The van der Waals surface area contributed by atoms with E-state index in [1.807, 2.05) is 0 Å². The number of hydrogen-bond donors (Lipinski definition) is 2. The molecule has 0 spiro atoms. The number of rotatable bonds is 6. The van der Waals surface area contributed by atoms with Crippen molar-refractivity contribution < 1.29 is 9.53 Å². The van der Waals surface area contributed by atoms with E-state index >= 15 is 0 Å². The van der Waals surface area contributed by atoms with E-state index in [4.69, 9.17) is 10.5 Å². The third kappa shape index (κ3) is 3.92. The Balaban J connectivity index is 2.05. The molecule has 0 saturated heterocycles. The van der Waals surface area contributed by atoms with Crippen LogP contribution >= 0.6 is 0 Å². The first-order valence-corrected chi connectivity index (χ1v) is 7.36. The van der Waals surface area contributed by atoms with Crippen LogP contribution in [0.1, 0.15) is 19.3 Å². The van der Waals surface area contributed by atoms with Crippen LogP contribution in [0.25, 0.3) is 0 Å². The third-order valence-corrected chi connectivity index (χ3v) is 4.09. The summed E-state index contributed by atoms with van der Waals surface area (Å²) in [5, 5.41) is 2.90. The van der Waals surface area contributed by atoms with Gasteiger partial charge >= 0.3 is 0 Å². The molecule has 0 bridgehead atoms. The first-order valence-electron chi connectivity index (χ1n) is 7.36. The van der Waals surface area contributed by atoms with Crippen molar-refractivity contribution in [1.82, 2.24) is 4.57 Å². The van der Waals surface area contributed by atoms with Crippen LogP contribution in [0.2, 0.25) is 0 Å². The van der Waals surface area contributed by atoms with Gasteiger partial charge in [0.25, 0.3) is 5.56 Å². The van der Waals surface area contributed by atoms with E-state index < -0.39 is 0 Å². The molecular weight excluding hydrogens is 270 g/mol. The Kier molecular flexibility index (Phi) is 5.52. The van der Waals surface area contributed by atoms with Crippen LogP contribution in [0.15, 0.2) is 23.1 Å². The van der Waals surface area contributed by atoms with Gasteiger partial charge in [0.1, 0.15) is 0 Å². The smallest absolute Gasteiger partial charge is 0.250 e. The number of ether oxygens (including phenoxy) is 1. The summed E-state index contributed by atoms with van der Waals surface area (Å²) in [4.78, 5) is 24.0. The van der Waals surface area contributed by atoms with Crippen LogP contribution in [-0.2, 0) is 16.1 Å². The summed E-state index contributed by atoms with van der Waals surface area (Å²) in [6, 6.07) is 3.09. The molecule has 2 unspecified atom stereocenters. The molecule has 2 rings (SSSR count). The number of carbonyl (C=O) groups is 1. The van der Waals surface area contributed by atoms with Crippen LogP contribution in [0.3, 0.4) is 0 Å². The Morgan fingerprint density at radius 2 is 2.29 bits per heavy atom. The zero-order chi connectivity index (χ0) is 15.2. The van der Waals surface area contributed by atoms with Gasteiger partial charge < -0.3 is 20.4 Å². The predicted octanol–water partition coefficient (Wildman–Crippen LogP) is 0.808. The average molecular weight is 293 g/mol. The number of nitrogens with zero attached hydrogens (tertiary/aromatic N) is 1. The van der Waals surface area contributed by atoms with Crippen molar-refractivity contribution in [2.75, 3.05) is 25.6 Å². The number of methoxy groups -OCH3 is 1. The second kappa shape index (κ2) is 7.38. The molecule has 1 aliphatic rings. The molecule has 3 N–H and O–H groups in total. The highest BCUT2D eigenvalue weighted by atomic mass is 16.5. The minimum Gasteiger partial charge on any atom is -0.383 e. The number of aromatic nitrogens is 1. The molecule has 21 heavy (non-hydrogen) atoms. The fourth-order valence-electron chi connectivity index (χ4n) is 2.87. The zero-order valence-electron chi connectivity index (χ0n) is 12.4. The molecule has 1 aromatic rings. The predicted molar refractivity (Wildman–Crippen MR) is 81.1 cm³/mol. The minimum absolute atomic E-state index is 0.000101. The van der Waals surface area contributed by atoms with E-state index in [9.17, 15) is 9.59 Å². The van der Waals surface area contributed by atoms with Crippen molar-refractivity contribution in [1.29, 1.82) is 0 Å². The normalized spacial score (nSPS) is 21.4. The highest BCUT2D eigenvalue weighted by Gasteiger charge is 2.31. The minimum atomic E-state index is -0.106. The van der Waals surface area contributed by atoms with Crippen molar-refractivity contribution in [3.63, 3.8) is 0 Å². The molecule has 1 aliphatic carbocycles. The van der Waals surface area contributed by atoms with Gasteiger partial charge in [-0.15, -0.1) is 0 Å². The summed E-state index contributed by atoms with van der Waals surface area (Å²) < 4.78 is 6.51. The van der Waals surface area contributed by atoms with Gasteiger partial charge in [0.05, 0.1) is 12.3 Å². The fourth-order valence-corrected chi connectivity index (χ4v) is 2.87. The summed E-state index contributed by atoms with van der Waals surface area (Å²) in [5.41, 5.74) is 6.25. The van der Waals surface area contributed by atoms with Gasteiger partial charge in [-0.05, 0) is 31.4 Å². The molecule has 0 aromatic carbocycles. The van der Waals surface area contributed by atoms with Gasteiger partial charge in [-0.1, -0.05) is 6.42 Å². The number of nitrogens with two attached hydrogens (primary N) is 1. The molecule has 2 atom stereocenters. The van der Waals surface area contributed by atoms with E-state index in [2.05, 4.69) is 5.32 Å². The third-order valence-electron chi connectivity index (χ3n) is 4.09. The van der Waals surface area contributed by atoms with E-state index in [0.29, 0.717) is 25.4 Å². The Bertz CT molecular complexity index is 541. The standard InChI is InChI=1S/C15H23N3O3/c1-21-8-7-18-10-12(5-6-14(18)19)17-15(20)13-4-2-3-11(13)9-16/h5-6,10-11,13H,2-4,7-9,16H2,1H3,(H,17,20). The van der Waals surface area contributed by atoms with Crippen LogP contribution in [0.4, 0.5) is 5.69 Å². The topological polar surface area (TPSA) is 86.3 Å². The van der Waals surface area contributed by atoms with E-state index in [-0.39, 0.29) is 23.3 Å². The fraction of sp³-hybridized carbons (Fsp3) is 0.600. The largest absolute Gasteiger partial charge is 0.383 e. The van der Waals surface area contributed by atoms with Crippen molar-refractivity contribution in [2.24, 2.45) is 17.6 Å². The van der Waals surface area contributed by atoms with E-state index in [1.165, 1.54) is 10.6 Å². The van der Waals surface area contributed by atoms with Crippen LogP contribution < -0.4 is 16.6 Å². The molecule has 0 radical (unpaired) electrons. The van der Waals surface area contributed by atoms with Crippen molar-refractivity contribution in [3.8, 4) is 0 Å². The molecule has 116 valence electrons. The van der Waals surface area contributed by atoms with Crippen molar-refractivity contribution in [3.05, 3.63) is 28.7 Å². The van der Waals surface area contributed by atoms with Gasteiger partial charge in [-0.2, -0.15) is 0 Å². The van der Waals surface area contributed by atoms with Gasteiger partial charge in [0.2, 0.25) is 5.91 Å². The SMILES string of the molecule is COCCn1cc(NC(=O)C2CCCC2CN)ccc1=O. The maximum Gasteiger partial charge on any atom is 0.250 e. The number of hydrogen-bond acceptors (Lipinski definition) is 4. The maximum absolute atomic E-state index is 12.3. The molecule has 1 amide bonds. The summed E-state index contributed by atoms with van der Waals surface area (Å²) in [5.74, 6) is 0.249. The molecule has 1 heterocycles. The number of carbonyl (C=O) groups excluding carboxylic acids is 1. The Hall–Kier alpha value is -1.66. The zero-order valence-corrected chi connectivity index (χ0v) is 12.4. The van der Waals surface area contributed by atoms with Crippen LogP contribution in [0, 0.1) is 11.8 Å². The van der Waals surface area contributed by atoms with E-state index in [0.717, 1.165) is 19.3 Å². The van der Waals surface area contributed by atoms with Gasteiger partial charge in [-0.25, -0.2) is 0 Å². The second-order valence-electron chi connectivity index (χ2n) is 5.46. The quantitative estimate of drug-likeness (QED) is 0.812. The number of nitrogens with one attached hydrogen (secondary N) is 1. The molecule has 1 fully saturated rings. The Labute approximate surface area is 124 Å². The van der Waals surface area contributed by atoms with E-state index in [1.54, 1.807) is 19.4 Å². The number of anilines is 1. The number of pyridine rings is 1. The molecule has 1 aromatic heterocycles. The lowest BCUT2D eigenvalue weighted by atomic mass is 9.95. The molecular formula is C15H23N3O3. The van der Waals surface area contributed by atoms with Crippen molar-refractivity contribution >= 4 is 11.6 Å². The lowest BCUT2D eigenvalue weighted by Gasteiger charge is -2.17. The summed E-state index contributed by atoms with van der Waals surface area (Å²) >= 11 is 0. The summed E-state index contributed by atoms with van der Waals surface area (Å²) in [6.45, 7) is 1.47. The van der Waals surface area contributed by atoms with Gasteiger partial charge in [0, 0.05) is 31.8 Å². The summed E-state index contributed by atoms with van der Waals surface area (Å²) in [6.07, 6.45) is 4.61. The average Bonchev–Trinajstić information content (AvgIpc) is 2.96. The molecule has 1 saturated carbocycles. The first kappa shape index (κ1) is 15.7. The summed E-state index contributed by atoms with van der Waals surface area (Å²) in [7, 11) is 1.59. The highest BCUT2D eigenvalue weighted by Crippen LogP contribution is 2.31. The second-order valence-corrected chi connectivity index (χ2v) is 5.46. The van der Waals surface area contributed by atoms with Crippen molar-refractivity contribution in [2.45, 2.75) is 25.8 Å². The van der Waals surface area contributed by atoms with Gasteiger partial charge in [-0.3, -0.25) is 9.59 Å². The molecule has 6 nitrogen and oxygen atoms in total. The molecule has 6 heteroatoms. The van der Waals surface area contributed by atoms with Gasteiger partial charge in [0.15, 0.2) is 0 Å². The first-order chi connectivity index (χ1) is 10.2.